The molecule has 0 radical (unpaired) electrons. The van der Waals surface area contributed by atoms with E-state index in [9.17, 15) is 14.7 Å². The van der Waals surface area contributed by atoms with Gasteiger partial charge in [-0.3, -0.25) is 4.79 Å². The predicted molar refractivity (Wildman–Crippen MR) is 125 cm³/mol. The van der Waals surface area contributed by atoms with Crippen LogP contribution >= 0.6 is 15.9 Å². The lowest BCUT2D eigenvalue weighted by Crippen LogP contribution is -2.27. The number of hydrogen-bond donors (Lipinski definition) is 2. The van der Waals surface area contributed by atoms with E-state index in [1.807, 2.05) is 23.1 Å². The second kappa shape index (κ2) is 9.32. The largest absolute Gasteiger partial charge is 0.497 e. The summed E-state index contributed by atoms with van der Waals surface area (Å²) in [5.41, 5.74) is 2.50. The first-order valence-electron chi connectivity index (χ1n) is 9.93. The summed E-state index contributed by atoms with van der Waals surface area (Å²) in [5, 5.41) is 12.6. The Morgan fingerprint density at radius 3 is 2.59 bits per heavy atom. The summed E-state index contributed by atoms with van der Waals surface area (Å²) in [7, 11) is 1.60. The van der Waals surface area contributed by atoms with Crippen molar-refractivity contribution in [1.82, 2.24) is 0 Å². The van der Waals surface area contributed by atoms with Gasteiger partial charge >= 0.3 is 5.97 Å². The van der Waals surface area contributed by atoms with E-state index in [1.165, 1.54) is 6.07 Å². The molecule has 0 atom stereocenters. The minimum atomic E-state index is -1.07. The first-order valence-corrected chi connectivity index (χ1v) is 10.7. The van der Waals surface area contributed by atoms with Crippen molar-refractivity contribution in [3.63, 3.8) is 0 Å². The van der Waals surface area contributed by atoms with Crippen molar-refractivity contribution >= 4 is 39.2 Å². The Balaban J connectivity index is 1.59. The monoisotopic (exact) mass is 496 g/mol. The molecule has 0 fully saturated rings. The first-order chi connectivity index (χ1) is 15.4. The van der Waals surface area contributed by atoms with Gasteiger partial charge in [0.1, 0.15) is 18.1 Å². The highest BCUT2D eigenvalue weighted by Gasteiger charge is 2.22. The number of hydrogen-bond acceptors (Lipinski definition) is 5. The van der Waals surface area contributed by atoms with Gasteiger partial charge < -0.3 is 24.8 Å². The number of methoxy groups -OCH3 is 1. The van der Waals surface area contributed by atoms with E-state index in [2.05, 4.69) is 21.2 Å². The second-order valence-corrected chi connectivity index (χ2v) is 8.16. The number of rotatable bonds is 5. The number of nitrogens with zero attached hydrogens (tertiary/aromatic N) is 1. The van der Waals surface area contributed by atoms with Gasteiger partial charge in [0.2, 0.25) is 0 Å². The Morgan fingerprint density at radius 1 is 1.09 bits per heavy atom. The third-order valence-corrected chi connectivity index (χ3v) is 5.71. The molecule has 0 aromatic heterocycles. The molecule has 0 saturated heterocycles. The zero-order valence-electron chi connectivity index (χ0n) is 17.3. The molecule has 32 heavy (non-hydrogen) atoms. The highest BCUT2D eigenvalue weighted by atomic mass is 79.9. The van der Waals surface area contributed by atoms with Gasteiger partial charge in [0.25, 0.3) is 5.91 Å². The highest BCUT2D eigenvalue weighted by Crippen LogP contribution is 2.32. The Bertz CT molecular complexity index is 1160. The van der Waals surface area contributed by atoms with Crippen molar-refractivity contribution in [2.45, 2.75) is 6.54 Å². The summed E-state index contributed by atoms with van der Waals surface area (Å²) >= 11 is 3.34. The third-order valence-electron chi connectivity index (χ3n) is 5.19. The Morgan fingerprint density at radius 2 is 1.88 bits per heavy atom. The third kappa shape index (κ3) is 4.70. The molecule has 0 saturated carbocycles. The molecule has 8 heteroatoms. The molecular formula is C24H21BrN2O5. The Labute approximate surface area is 193 Å². The van der Waals surface area contributed by atoms with Gasteiger partial charge in [-0.05, 0) is 54.6 Å². The van der Waals surface area contributed by atoms with Crippen molar-refractivity contribution in [3.8, 4) is 11.5 Å². The van der Waals surface area contributed by atoms with E-state index < -0.39 is 5.97 Å². The number of ether oxygens (including phenoxy) is 2. The average Bonchev–Trinajstić information content (AvgIpc) is 3.01. The number of benzene rings is 3. The molecule has 0 unspecified atom stereocenters. The van der Waals surface area contributed by atoms with Crippen molar-refractivity contribution in [2.75, 3.05) is 30.5 Å². The molecule has 164 valence electrons. The number of carboxylic acids is 1. The van der Waals surface area contributed by atoms with Crippen molar-refractivity contribution < 1.29 is 24.2 Å². The minimum Gasteiger partial charge on any atom is -0.497 e. The number of carboxylic acid groups (broad SMARTS) is 1. The van der Waals surface area contributed by atoms with Crippen LogP contribution in [-0.4, -0.2) is 37.2 Å². The number of aromatic carboxylic acids is 1. The van der Waals surface area contributed by atoms with E-state index in [4.69, 9.17) is 9.47 Å². The van der Waals surface area contributed by atoms with E-state index >= 15 is 0 Å². The maximum atomic E-state index is 12.5. The maximum absolute atomic E-state index is 12.5. The lowest BCUT2D eigenvalue weighted by Gasteiger charge is -2.24. The predicted octanol–water partition coefficient (Wildman–Crippen LogP) is 4.81. The van der Waals surface area contributed by atoms with Gasteiger partial charge in [-0.15, -0.1) is 0 Å². The molecule has 1 amide bonds. The molecule has 1 heterocycles. The molecule has 3 aromatic rings. The second-order valence-electron chi connectivity index (χ2n) is 7.24. The normalized spacial score (nSPS) is 12.9. The summed E-state index contributed by atoms with van der Waals surface area (Å²) in [6.07, 6.45) is 0. The van der Waals surface area contributed by atoms with E-state index in [-0.39, 0.29) is 11.5 Å². The molecular weight excluding hydrogens is 476 g/mol. The summed E-state index contributed by atoms with van der Waals surface area (Å²) in [5.74, 6) is 0.0453. The first kappa shape index (κ1) is 21.7. The Kier molecular flexibility index (Phi) is 6.32. The van der Waals surface area contributed by atoms with Crippen LogP contribution in [0.2, 0.25) is 0 Å². The number of fused-ring (bicyclic) bond motifs is 1. The van der Waals surface area contributed by atoms with Gasteiger partial charge in [0.15, 0.2) is 0 Å². The summed E-state index contributed by atoms with van der Waals surface area (Å²) < 4.78 is 12.0. The number of carbonyl (C=O) groups excluding carboxylic acids is 1. The van der Waals surface area contributed by atoms with Gasteiger partial charge in [-0.25, -0.2) is 4.79 Å². The van der Waals surface area contributed by atoms with Crippen molar-refractivity contribution in [3.05, 3.63) is 81.8 Å². The average molecular weight is 497 g/mol. The fourth-order valence-corrected chi connectivity index (χ4v) is 3.81. The van der Waals surface area contributed by atoms with Gasteiger partial charge in [0.05, 0.1) is 24.9 Å². The van der Waals surface area contributed by atoms with Crippen LogP contribution in [0.25, 0.3) is 0 Å². The smallest absolute Gasteiger partial charge is 0.337 e. The zero-order valence-corrected chi connectivity index (χ0v) is 18.9. The molecule has 2 N–H and O–H groups in total. The molecule has 7 nitrogen and oxygen atoms in total. The van der Waals surface area contributed by atoms with Crippen LogP contribution in [0, 0.1) is 0 Å². The standard InChI is InChI=1S/C24H21BrN2O5/c1-31-19-8-4-16-14-27(10-11-32-22(16)13-19)21-9-7-18(12-20(21)24(29)30)26-23(28)15-2-5-17(25)6-3-15/h2-9,12-13H,10-11,14H2,1H3,(H,26,28)(H,29,30). The number of anilines is 2. The van der Waals surface area contributed by atoms with Gasteiger partial charge in [-0.2, -0.15) is 0 Å². The fourth-order valence-electron chi connectivity index (χ4n) is 3.55. The molecule has 1 aliphatic heterocycles. The van der Waals surface area contributed by atoms with Crippen LogP contribution in [0.1, 0.15) is 26.3 Å². The number of carbonyl (C=O) groups is 2. The number of halogens is 1. The summed E-state index contributed by atoms with van der Waals surface area (Å²) in [6.45, 7) is 1.41. The van der Waals surface area contributed by atoms with E-state index in [0.717, 1.165) is 15.8 Å². The molecule has 0 spiro atoms. The maximum Gasteiger partial charge on any atom is 0.337 e. The Hall–Kier alpha value is -3.52. The SMILES string of the molecule is COc1ccc2c(c1)OCCN(c1ccc(NC(=O)c3ccc(Br)cc3)cc1C(=O)O)C2. The van der Waals surface area contributed by atoms with E-state index in [0.29, 0.717) is 42.4 Å². The van der Waals surface area contributed by atoms with Crippen LogP contribution in [0.4, 0.5) is 11.4 Å². The zero-order chi connectivity index (χ0) is 22.7. The van der Waals surface area contributed by atoms with E-state index in [1.54, 1.807) is 43.5 Å². The van der Waals surface area contributed by atoms with Crippen LogP contribution in [-0.2, 0) is 6.54 Å². The van der Waals surface area contributed by atoms with Crippen LogP contribution in [0.15, 0.2) is 65.1 Å². The lowest BCUT2D eigenvalue weighted by molar-refractivity contribution is 0.0697. The van der Waals surface area contributed by atoms with Crippen LogP contribution < -0.4 is 19.7 Å². The summed E-state index contributed by atoms with van der Waals surface area (Å²) in [4.78, 5) is 26.5. The molecule has 0 aliphatic carbocycles. The van der Waals surface area contributed by atoms with Crippen LogP contribution in [0.5, 0.6) is 11.5 Å². The van der Waals surface area contributed by atoms with Crippen LogP contribution in [0.3, 0.4) is 0 Å². The quantitative estimate of drug-likeness (QED) is 0.526. The molecule has 0 bridgehead atoms. The number of amides is 1. The highest BCUT2D eigenvalue weighted by molar-refractivity contribution is 9.10. The fraction of sp³-hybridized carbons (Fsp3) is 0.167. The minimum absolute atomic E-state index is 0.107. The molecule has 4 rings (SSSR count). The topological polar surface area (TPSA) is 88.1 Å². The molecule has 1 aliphatic rings. The lowest BCUT2D eigenvalue weighted by atomic mass is 10.1. The van der Waals surface area contributed by atoms with Crippen molar-refractivity contribution in [2.24, 2.45) is 0 Å². The molecule has 3 aromatic carbocycles. The number of nitrogens with one attached hydrogen (secondary N) is 1. The van der Waals surface area contributed by atoms with Crippen molar-refractivity contribution in [1.29, 1.82) is 0 Å². The van der Waals surface area contributed by atoms with Gasteiger partial charge in [-0.1, -0.05) is 15.9 Å². The summed E-state index contributed by atoms with van der Waals surface area (Å²) in [6, 6.07) is 17.4. The van der Waals surface area contributed by atoms with Gasteiger partial charge in [0, 0.05) is 33.9 Å².